The van der Waals surface area contributed by atoms with E-state index in [1.807, 2.05) is 25.3 Å². The maximum absolute atomic E-state index is 10.5. The van der Waals surface area contributed by atoms with Gasteiger partial charge >= 0.3 is 5.97 Å². The molecule has 0 atom stereocenters. The van der Waals surface area contributed by atoms with Crippen LogP contribution in [0.2, 0.25) is 0 Å². The van der Waals surface area contributed by atoms with Gasteiger partial charge in [-0.1, -0.05) is 6.07 Å². The first-order chi connectivity index (χ1) is 8.63. The van der Waals surface area contributed by atoms with Crippen molar-refractivity contribution in [3.8, 4) is 5.75 Å². The summed E-state index contributed by atoms with van der Waals surface area (Å²) in [5.41, 5.74) is 3.25. The van der Waals surface area contributed by atoms with E-state index in [-0.39, 0.29) is 6.42 Å². The highest BCUT2D eigenvalue weighted by molar-refractivity contribution is 5.90. The fourth-order valence-corrected chi connectivity index (χ4v) is 2.26. The second kappa shape index (κ2) is 5.12. The van der Waals surface area contributed by atoms with Crippen molar-refractivity contribution in [2.75, 3.05) is 7.11 Å². The SMILES string of the molecule is COc1c(CCCC(=O)O)ccc2[nH]cc(C)c12. The minimum atomic E-state index is -0.757. The second-order valence-corrected chi connectivity index (χ2v) is 4.40. The van der Waals surface area contributed by atoms with Gasteiger partial charge in [0, 0.05) is 23.5 Å². The van der Waals surface area contributed by atoms with Crippen molar-refractivity contribution in [2.24, 2.45) is 0 Å². The summed E-state index contributed by atoms with van der Waals surface area (Å²) < 4.78 is 5.49. The molecule has 2 rings (SSSR count). The third kappa shape index (κ3) is 2.32. The summed E-state index contributed by atoms with van der Waals surface area (Å²) in [7, 11) is 1.65. The highest BCUT2D eigenvalue weighted by Crippen LogP contribution is 2.32. The molecule has 0 aliphatic carbocycles. The first-order valence-electron chi connectivity index (χ1n) is 5.99. The maximum atomic E-state index is 10.5. The number of hydrogen-bond donors (Lipinski definition) is 2. The molecule has 1 aromatic carbocycles. The zero-order valence-corrected chi connectivity index (χ0v) is 10.6. The maximum Gasteiger partial charge on any atom is 0.303 e. The number of hydrogen-bond acceptors (Lipinski definition) is 2. The Kier molecular flexibility index (Phi) is 3.55. The van der Waals surface area contributed by atoms with Crippen molar-refractivity contribution >= 4 is 16.9 Å². The molecule has 1 heterocycles. The molecule has 4 heteroatoms. The lowest BCUT2D eigenvalue weighted by Gasteiger charge is -2.10. The molecule has 0 saturated carbocycles. The lowest BCUT2D eigenvalue weighted by Crippen LogP contribution is -1.98. The average molecular weight is 247 g/mol. The van der Waals surface area contributed by atoms with E-state index >= 15 is 0 Å². The van der Waals surface area contributed by atoms with Gasteiger partial charge < -0.3 is 14.8 Å². The number of ether oxygens (including phenoxy) is 1. The fraction of sp³-hybridized carbons (Fsp3) is 0.357. The van der Waals surface area contributed by atoms with Gasteiger partial charge in [-0.25, -0.2) is 0 Å². The number of aromatic nitrogens is 1. The largest absolute Gasteiger partial charge is 0.496 e. The summed E-state index contributed by atoms with van der Waals surface area (Å²) in [6.07, 6.45) is 3.48. The Labute approximate surface area is 106 Å². The van der Waals surface area contributed by atoms with E-state index in [9.17, 15) is 4.79 Å². The monoisotopic (exact) mass is 247 g/mol. The van der Waals surface area contributed by atoms with Crippen LogP contribution >= 0.6 is 0 Å². The molecular weight excluding hydrogens is 230 g/mol. The predicted octanol–water partition coefficient (Wildman–Crippen LogP) is 2.89. The van der Waals surface area contributed by atoms with Crippen molar-refractivity contribution in [3.05, 3.63) is 29.5 Å². The minimum Gasteiger partial charge on any atom is -0.496 e. The van der Waals surface area contributed by atoms with Crippen molar-refractivity contribution in [1.82, 2.24) is 4.98 Å². The van der Waals surface area contributed by atoms with Crippen LogP contribution in [0.15, 0.2) is 18.3 Å². The molecule has 18 heavy (non-hydrogen) atoms. The molecule has 1 aromatic heterocycles. The van der Waals surface area contributed by atoms with Gasteiger partial charge in [0.1, 0.15) is 5.75 Å². The van der Waals surface area contributed by atoms with Crippen LogP contribution in [0.25, 0.3) is 10.9 Å². The number of aryl methyl sites for hydroxylation is 2. The van der Waals surface area contributed by atoms with Crippen LogP contribution in [0.1, 0.15) is 24.0 Å². The number of H-pyrrole nitrogens is 1. The Morgan fingerprint density at radius 2 is 2.22 bits per heavy atom. The van der Waals surface area contributed by atoms with Crippen LogP contribution in [-0.2, 0) is 11.2 Å². The van der Waals surface area contributed by atoms with Gasteiger partial charge in [-0.05, 0) is 37.0 Å². The van der Waals surface area contributed by atoms with Crippen LogP contribution in [0, 0.1) is 6.92 Å². The predicted molar refractivity (Wildman–Crippen MR) is 70.2 cm³/mol. The van der Waals surface area contributed by atoms with E-state index in [0.717, 1.165) is 34.2 Å². The molecule has 2 N–H and O–H groups in total. The van der Waals surface area contributed by atoms with E-state index in [1.54, 1.807) is 7.11 Å². The van der Waals surface area contributed by atoms with Crippen LogP contribution in [0.3, 0.4) is 0 Å². The van der Waals surface area contributed by atoms with Crippen molar-refractivity contribution < 1.29 is 14.6 Å². The number of benzene rings is 1. The Morgan fingerprint density at radius 3 is 2.89 bits per heavy atom. The summed E-state index contributed by atoms with van der Waals surface area (Å²) in [6, 6.07) is 4.01. The number of rotatable bonds is 5. The van der Waals surface area contributed by atoms with E-state index in [4.69, 9.17) is 9.84 Å². The Balaban J connectivity index is 2.32. The van der Waals surface area contributed by atoms with Crippen molar-refractivity contribution in [3.63, 3.8) is 0 Å². The number of carboxylic acids is 1. The zero-order chi connectivity index (χ0) is 13.1. The number of fused-ring (bicyclic) bond motifs is 1. The molecule has 0 spiro atoms. The number of methoxy groups -OCH3 is 1. The molecule has 0 bridgehead atoms. The highest BCUT2D eigenvalue weighted by Gasteiger charge is 2.11. The lowest BCUT2D eigenvalue weighted by molar-refractivity contribution is -0.137. The lowest BCUT2D eigenvalue weighted by atomic mass is 10.0. The normalized spacial score (nSPS) is 10.8. The summed E-state index contributed by atoms with van der Waals surface area (Å²) in [5.74, 6) is 0.101. The van der Waals surface area contributed by atoms with Crippen LogP contribution in [-0.4, -0.2) is 23.2 Å². The van der Waals surface area contributed by atoms with Gasteiger partial charge in [-0.3, -0.25) is 4.79 Å². The second-order valence-electron chi connectivity index (χ2n) is 4.40. The highest BCUT2D eigenvalue weighted by atomic mass is 16.5. The number of carbonyl (C=O) groups is 1. The third-order valence-corrected chi connectivity index (χ3v) is 3.12. The van der Waals surface area contributed by atoms with Crippen LogP contribution in [0.5, 0.6) is 5.75 Å². The summed E-state index contributed by atoms with van der Waals surface area (Å²) in [4.78, 5) is 13.7. The quantitative estimate of drug-likeness (QED) is 0.854. The number of aliphatic carboxylic acids is 1. The molecule has 0 aliphatic heterocycles. The third-order valence-electron chi connectivity index (χ3n) is 3.12. The van der Waals surface area contributed by atoms with Crippen LogP contribution < -0.4 is 4.74 Å². The molecule has 96 valence electrons. The fourth-order valence-electron chi connectivity index (χ4n) is 2.26. The van der Waals surface area contributed by atoms with E-state index in [1.165, 1.54) is 0 Å². The summed E-state index contributed by atoms with van der Waals surface area (Å²) in [6.45, 7) is 2.03. The average Bonchev–Trinajstić information content (AvgIpc) is 2.71. The summed E-state index contributed by atoms with van der Waals surface area (Å²) >= 11 is 0. The molecule has 0 radical (unpaired) electrons. The molecule has 0 fully saturated rings. The Bertz CT molecular complexity index is 572. The van der Waals surface area contributed by atoms with Gasteiger partial charge in [0.05, 0.1) is 7.11 Å². The smallest absolute Gasteiger partial charge is 0.303 e. The van der Waals surface area contributed by atoms with Gasteiger partial charge in [-0.15, -0.1) is 0 Å². The molecule has 0 aliphatic rings. The minimum absolute atomic E-state index is 0.188. The van der Waals surface area contributed by atoms with Crippen LogP contribution in [0.4, 0.5) is 0 Å². The van der Waals surface area contributed by atoms with Crippen molar-refractivity contribution in [1.29, 1.82) is 0 Å². The topological polar surface area (TPSA) is 62.3 Å². The first-order valence-corrected chi connectivity index (χ1v) is 5.99. The first kappa shape index (κ1) is 12.5. The number of nitrogens with one attached hydrogen (secondary N) is 1. The van der Waals surface area contributed by atoms with Gasteiger partial charge in [-0.2, -0.15) is 0 Å². The summed E-state index contributed by atoms with van der Waals surface area (Å²) in [5, 5.41) is 9.75. The van der Waals surface area contributed by atoms with Crippen molar-refractivity contribution in [2.45, 2.75) is 26.2 Å². The Hall–Kier alpha value is -1.97. The molecule has 4 nitrogen and oxygen atoms in total. The van der Waals surface area contributed by atoms with E-state index in [2.05, 4.69) is 4.98 Å². The van der Waals surface area contributed by atoms with Gasteiger partial charge in [0.25, 0.3) is 0 Å². The van der Waals surface area contributed by atoms with Gasteiger partial charge in [0.15, 0.2) is 0 Å². The number of carboxylic acid groups (broad SMARTS) is 1. The zero-order valence-electron chi connectivity index (χ0n) is 10.6. The van der Waals surface area contributed by atoms with E-state index < -0.39 is 5.97 Å². The van der Waals surface area contributed by atoms with Gasteiger partial charge in [0.2, 0.25) is 0 Å². The Morgan fingerprint density at radius 1 is 1.44 bits per heavy atom. The molecular formula is C14H17NO3. The number of aromatic amines is 1. The standard InChI is InChI=1S/C14H17NO3/c1-9-8-15-11-7-6-10(4-3-5-12(16)17)14(18-2)13(9)11/h6-8,15H,3-5H2,1-2H3,(H,16,17). The molecule has 2 aromatic rings. The molecule has 0 amide bonds. The van der Waals surface area contributed by atoms with E-state index in [0.29, 0.717) is 6.42 Å². The molecule has 0 unspecified atom stereocenters. The molecule has 0 saturated heterocycles.